The first kappa shape index (κ1) is 22.3. The third-order valence-corrected chi connectivity index (χ3v) is 6.91. The molecule has 0 saturated heterocycles. The van der Waals surface area contributed by atoms with Crippen LogP contribution in [-0.2, 0) is 9.53 Å². The van der Waals surface area contributed by atoms with Crippen molar-refractivity contribution in [2.24, 2.45) is 5.10 Å². The highest BCUT2D eigenvalue weighted by Gasteiger charge is 2.34. The van der Waals surface area contributed by atoms with Gasteiger partial charge in [0.1, 0.15) is 12.4 Å². The first-order valence-electron chi connectivity index (χ1n) is 10.1. The Bertz CT molecular complexity index is 1080. The molecule has 166 valence electrons. The Hall–Kier alpha value is -2.88. The molecule has 3 aromatic rings. The minimum atomic E-state index is -0.360. The van der Waals surface area contributed by atoms with Gasteiger partial charge in [-0.3, -0.25) is 9.59 Å². The summed E-state index contributed by atoms with van der Waals surface area (Å²) < 4.78 is 18.6. The van der Waals surface area contributed by atoms with E-state index in [1.807, 2.05) is 22.9 Å². The fraction of sp³-hybridized carbons (Fsp3) is 0.261. The number of ether oxygens (including phenoxy) is 1. The standard InChI is InChI=1S/C23H22FN3O3S2/c1-30-11-10-26(23(29)21-5-3-13-32-21)15-22(28)27-19(16-6-8-17(24)9-7-16)14-18(25-27)20-4-2-12-31-20/h2-9,12-13,19H,10-11,14-15H2,1H3/t19-/m1/s1. The maximum atomic E-state index is 13.5. The first-order chi connectivity index (χ1) is 15.6. The highest BCUT2D eigenvalue weighted by Crippen LogP contribution is 2.34. The fourth-order valence-corrected chi connectivity index (χ4v) is 4.93. The van der Waals surface area contributed by atoms with Gasteiger partial charge < -0.3 is 9.64 Å². The number of hydrogen-bond donors (Lipinski definition) is 0. The second kappa shape index (κ2) is 10.2. The van der Waals surface area contributed by atoms with E-state index in [1.165, 1.54) is 33.4 Å². The van der Waals surface area contributed by atoms with Gasteiger partial charge >= 0.3 is 0 Å². The molecule has 4 rings (SSSR count). The highest BCUT2D eigenvalue weighted by atomic mass is 32.1. The van der Waals surface area contributed by atoms with Crippen LogP contribution in [0.25, 0.3) is 0 Å². The van der Waals surface area contributed by atoms with Crippen LogP contribution in [-0.4, -0.2) is 54.2 Å². The summed E-state index contributed by atoms with van der Waals surface area (Å²) in [6, 6.07) is 13.2. The van der Waals surface area contributed by atoms with Crippen LogP contribution < -0.4 is 0 Å². The summed E-state index contributed by atoms with van der Waals surface area (Å²) in [4.78, 5) is 29.3. The zero-order valence-electron chi connectivity index (χ0n) is 17.4. The molecule has 1 aromatic carbocycles. The van der Waals surface area contributed by atoms with E-state index in [0.29, 0.717) is 17.9 Å². The topological polar surface area (TPSA) is 62.2 Å². The van der Waals surface area contributed by atoms with Gasteiger partial charge in [0.2, 0.25) is 0 Å². The molecule has 0 saturated carbocycles. The maximum absolute atomic E-state index is 13.5. The van der Waals surface area contributed by atoms with E-state index in [9.17, 15) is 14.0 Å². The molecule has 1 atom stereocenters. The van der Waals surface area contributed by atoms with Gasteiger partial charge in [-0.25, -0.2) is 9.40 Å². The van der Waals surface area contributed by atoms with E-state index in [4.69, 9.17) is 4.74 Å². The number of nitrogens with zero attached hydrogens (tertiary/aromatic N) is 3. The molecule has 1 aliphatic heterocycles. The third kappa shape index (κ3) is 4.95. The number of carbonyl (C=O) groups excluding carboxylic acids is 2. The van der Waals surface area contributed by atoms with Crippen LogP contribution >= 0.6 is 22.7 Å². The molecule has 0 N–H and O–H groups in total. The number of benzene rings is 1. The lowest BCUT2D eigenvalue weighted by Crippen LogP contribution is -2.42. The average Bonchev–Trinajstić information content (AvgIpc) is 3.57. The lowest BCUT2D eigenvalue weighted by atomic mass is 10.0. The number of hydrazone groups is 1. The summed E-state index contributed by atoms with van der Waals surface area (Å²) in [5, 5.41) is 9.84. The number of amides is 2. The summed E-state index contributed by atoms with van der Waals surface area (Å²) in [6.07, 6.45) is 0.523. The number of rotatable bonds is 8. The van der Waals surface area contributed by atoms with Gasteiger partial charge in [-0.15, -0.1) is 22.7 Å². The highest BCUT2D eigenvalue weighted by molar-refractivity contribution is 7.12. The molecule has 6 nitrogen and oxygen atoms in total. The Labute approximate surface area is 193 Å². The van der Waals surface area contributed by atoms with Crippen LogP contribution in [0.3, 0.4) is 0 Å². The van der Waals surface area contributed by atoms with Crippen molar-refractivity contribution in [1.82, 2.24) is 9.91 Å². The molecule has 0 fully saturated rings. The number of hydrogen-bond acceptors (Lipinski definition) is 6. The van der Waals surface area contributed by atoms with Crippen molar-refractivity contribution in [2.75, 3.05) is 26.8 Å². The lowest BCUT2D eigenvalue weighted by Gasteiger charge is -2.26. The van der Waals surface area contributed by atoms with Gasteiger partial charge in [0.05, 0.1) is 28.1 Å². The molecule has 0 aliphatic carbocycles. The fourth-order valence-electron chi connectivity index (χ4n) is 3.52. The zero-order chi connectivity index (χ0) is 22.5. The van der Waals surface area contributed by atoms with Gasteiger partial charge in [-0.05, 0) is 40.6 Å². The molecular formula is C23H22FN3O3S2. The number of methoxy groups -OCH3 is 1. The van der Waals surface area contributed by atoms with Crippen LogP contribution in [0.4, 0.5) is 4.39 Å². The largest absolute Gasteiger partial charge is 0.383 e. The average molecular weight is 472 g/mol. The third-order valence-electron chi connectivity index (χ3n) is 5.14. The van der Waals surface area contributed by atoms with E-state index in [1.54, 1.807) is 42.7 Å². The SMILES string of the molecule is COCCN(CC(=O)N1N=C(c2cccs2)C[C@@H]1c1ccc(F)cc1)C(=O)c1cccs1. The minimum absolute atomic E-state index is 0.126. The van der Waals surface area contributed by atoms with Crippen molar-refractivity contribution < 1.29 is 18.7 Å². The normalized spacial score (nSPS) is 15.6. The van der Waals surface area contributed by atoms with Crippen LogP contribution in [0.2, 0.25) is 0 Å². The van der Waals surface area contributed by atoms with Crippen molar-refractivity contribution in [3.05, 3.63) is 80.4 Å². The van der Waals surface area contributed by atoms with E-state index in [2.05, 4.69) is 5.10 Å². The molecule has 0 spiro atoms. The molecule has 32 heavy (non-hydrogen) atoms. The Balaban J connectivity index is 1.59. The van der Waals surface area contributed by atoms with Crippen LogP contribution in [0.5, 0.6) is 0 Å². The van der Waals surface area contributed by atoms with E-state index in [-0.39, 0.29) is 36.8 Å². The number of halogens is 1. The lowest BCUT2D eigenvalue weighted by molar-refractivity contribution is -0.133. The van der Waals surface area contributed by atoms with Crippen molar-refractivity contribution in [3.8, 4) is 0 Å². The van der Waals surface area contributed by atoms with Crippen LogP contribution in [0.1, 0.15) is 32.6 Å². The van der Waals surface area contributed by atoms with Crippen molar-refractivity contribution >= 4 is 40.2 Å². The zero-order valence-corrected chi connectivity index (χ0v) is 19.1. The molecule has 1 aliphatic rings. The van der Waals surface area contributed by atoms with Gasteiger partial charge in [0, 0.05) is 20.1 Å². The Morgan fingerprint density at radius 3 is 2.56 bits per heavy atom. The van der Waals surface area contributed by atoms with Gasteiger partial charge in [-0.1, -0.05) is 24.3 Å². The first-order valence-corrected chi connectivity index (χ1v) is 11.8. The predicted octanol–water partition coefficient (Wildman–Crippen LogP) is 4.42. The van der Waals surface area contributed by atoms with E-state index in [0.717, 1.165) is 16.2 Å². The molecule has 3 heterocycles. The molecule has 9 heteroatoms. The predicted molar refractivity (Wildman–Crippen MR) is 124 cm³/mol. The number of carbonyl (C=O) groups is 2. The Kier molecular flexibility index (Phi) is 7.09. The molecule has 0 radical (unpaired) electrons. The molecule has 2 amide bonds. The summed E-state index contributed by atoms with van der Waals surface area (Å²) in [7, 11) is 1.55. The smallest absolute Gasteiger partial charge is 0.264 e. The van der Waals surface area contributed by atoms with Crippen molar-refractivity contribution in [1.29, 1.82) is 0 Å². The Morgan fingerprint density at radius 2 is 1.91 bits per heavy atom. The summed E-state index contributed by atoms with van der Waals surface area (Å²) >= 11 is 2.88. The molecule has 0 unspecified atom stereocenters. The summed E-state index contributed by atoms with van der Waals surface area (Å²) in [5.41, 5.74) is 1.60. The van der Waals surface area contributed by atoms with Crippen LogP contribution in [0, 0.1) is 5.82 Å². The summed E-state index contributed by atoms with van der Waals surface area (Å²) in [5.74, 6) is -0.853. The molecule has 0 bridgehead atoms. The monoisotopic (exact) mass is 471 g/mol. The van der Waals surface area contributed by atoms with Gasteiger partial charge in [0.25, 0.3) is 11.8 Å². The van der Waals surface area contributed by atoms with E-state index < -0.39 is 0 Å². The quantitative estimate of drug-likeness (QED) is 0.489. The van der Waals surface area contributed by atoms with E-state index >= 15 is 0 Å². The second-order valence-electron chi connectivity index (χ2n) is 7.23. The maximum Gasteiger partial charge on any atom is 0.264 e. The minimum Gasteiger partial charge on any atom is -0.383 e. The Morgan fingerprint density at radius 1 is 1.16 bits per heavy atom. The van der Waals surface area contributed by atoms with Gasteiger partial charge in [0.15, 0.2) is 0 Å². The molecular weight excluding hydrogens is 449 g/mol. The van der Waals surface area contributed by atoms with Crippen LogP contribution in [0.15, 0.2) is 64.4 Å². The van der Waals surface area contributed by atoms with Crippen molar-refractivity contribution in [2.45, 2.75) is 12.5 Å². The van der Waals surface area contributed by atoms with Gasteiger partial charge in [-0.2, -0.15) is 5.10 Å². The second-order valence-corrected chi connectivity index (χ2v) is 9.13. The summed E-state index contributed by atoms with van der Waals surface area (Å²) in [6.45, 7) is 0.476. The number of thiophene rings is 2. The van der Waals surface area contributed by atoms with Crippen molar-refractivity contribution in [3.63, 3.8) is 0 Å². The molecule has 2 aromatic heterocycles.